The van der Waals surface area contributed by atoms with E-state index < -0.39 is 15.8 Å². The zero-order chi connectivity index (χ0) is 20.4. The van der Waals surface area contributed by atoms with Crippen LogP contribution in [0.25, 0.3) is 10.8 Å². The minimum atomic E-state index is -3.94. The Kier molecular flexibility index (Phi) is 5.43. The first-order valence-electron chi connectivity index (χ1n) is 9.62. The molecule has 0 saturated carbocycles. The van der Waals surface area contributed by atoms with Crippen molar-refractivity contribution >= 4 is 26.5 Å². The highest BCUT2D eigenvalue weighted by Crippen LogP contribution is 2.34. The molecule has 1 fully saturated rings. The van der Waals surface area contributed by atoms with Crippen molar-refractivity contribution in [3.63, 3.8) is 0 Å². The fourth-order valence-corrected chi connectivity index (χ4v) is 4.96. The van der Waals surface area contributed by atoms with Gasteiger partial charge in [-0.3, -0.25) is 4.72 Å². The minimum Gasteiger partial charge on any atom is -0.490 e. The van der Waals surface area contributed by atoms with E-state index in [0.29, 0.717) is 11.3 Å². The Morgan fingerprint density at radius 3 is 2.52 bits per heavy atom. The van der Waals surface area contributed by atoms with Gasteiger partial charge in [-0.15, -0.1) is 0 Å². The van der Waals surface area contributed by atoms with Gasteiger partial charge in [-0.2, -0.15) is 0 Å². The predicted octanol–water partition coefficient (Wildman–Crippen LogP) is 4.22. The lowest BCUT2D eigenvalue weighted by atomic mass is 10.1. The van der Waals surface area contributed by atoms with Crippen LogP contribution < -0.4 is 14.8 Å². The second-order valence-electron chi connectivity index (χ2n) is 7.24. The zero-order valence-corrected chi connectivity index (χ0v) is 16.9. The zero-order valence-electron chi connectivity index (χ0n) is 16.1. The van der Waals surface area contributed by atoms with E-state index >= 15 is 0 Å². The van der Waals surface area contributed by atoms with Crippen LogP contribution in [0.2, 0.25) is 0 Å². The summed E-state index contributed by atoms with van der Waals surface area (Å²) in [5, 5.41) is 4.88. The summed E-state index contributed by atoms with van der Waals surface area (Å²) >= 11 is 0. The van der Waals surface area contributed by atoms with Crippen LogP contribution in [0.1, 0.15) is 18.4 Å². The van der Waals surface area contributed by atoms with Gasteiger partial charge in [0.05, 0.1) is 10.6 Å². The fourth-order valence-electron chi connectivity index (χ4n) is 3.62. The first kappa shape index (κ1) is 19.7. The molecule has 3 aromatic rings. The monoisotopic (exact) mass is 414 g/mol. The van der Waals surface area contributed by atoms with Crippen molar-refractivity contribution < 1.29 is 17.5 Å². The lowest BCUT2D eigenvalue weighted by Gasteiger charge is -2.25. The van der Waals surface area contributed by atoms with Gasteiger partial charge in [0, 0.05) is 10.8 Å². The number of piperidine rings is 1. The number of fused-ring (bicyclic) bond motifs is 1. The maximum absolute atomic E-state index is 13.6. The smallest absolute Gasteiger partial charge is 0.262 e. The SMILES string of the molecule is Cc1ccc(F)cc1S(=O)(=O)Nc1ccc(OC2CCNCC2)c2ccccc12. The first-order valence-corrected chi connectivity index (χ1v) is 11.1. The number of hydrogen-bond donors (Lipinski definition) is 2. The highest BCUT2D eigenvalue weighted by atomic mass is 32.2. The molecular weight excluding hydrogens is 391 g/mol. The Bertz CT molecular complexity index is 1140. The van der Waals surface area contributed by atoms with Crippen molar-refractivity contribution in [3.05, 3.63) is 66.0 Å². The van der Waals surface area contributed by atoms with Crippen LogP contribution in [-0.4, -0.2) is 27.6 Å². The average molecular weight is 415 g/mol. The Morgan fingerprint density at radius 1 is 1.03 bits per heavy atom. The summed E-state index contributed by atoms with van der Waals surface area (Å²) < 4.78 is 48.3. The molecule has 0 aliphatic carbocycles. The summed E-state index contributed by atoms with van der Waals surface area (Å²) in [6, 6.07) is 14.7. The summed E-state index contributed by atoms with van der Waals surface area (Å²) in [7, 11) is -3.94. The summed E-state index contributed by atoms with van der Waals surface area (Å²) in [5.74, 6) is 0.143. The van der Waals surface area contributed by atoms with Gasteiger partial charge in [0.1, 0.15) is 17.7 Å². The molecule has 1 aliphatic heterocycles. The first-order chi connectivity index (χ1) is 13.9. The topological polar surface area (TPSA) is 67.4 Å². The van der Waals surface area contributed by atoms with E-state index in [-0.39, 0.29) is 11.0 Å². The molecule has 0 aromatic heterocycles. The summed E-state index contributed by atoms with van der Waals surface area (Å²) in [4.78, 5) is -0.0726. The number of nitrogens with one attached hydrogen (secondary N) is 2. The summed E-state index contributed by atoms with van der Waals surface area (Å²) in [5.41, 5.74) is 0.913. The number of anilines is 1. The Morgan fingerprint density at radius 2 is 1.76 bits per heavy atom. The molecule has 3 aromatic carbocycles. The van der Waals surface area contributed by atoms with Crippen molar-refractivity contribution in [1.82, 2.24) is 5.32 Å². The molecule has 29 heavy (non-hydrogen) atoms. The van der Waals surface area contributed by atoms with Gasteiger partial charge in [0.2, 0.25) is 0 Å². The van der Waals surface area contributed by atoms with Crippen LogP contribution in [0.4, 0.5) is 10.1 Å². The Hall–Kier alpha value is -2.64. The molecule has 4 rings (SSSR count). The normalized spacial score (nSPS) is 15.4. The number of halogens is 1. The van der Waals surface area contributed by atoms with E-state index in [2.05, 4.69) is 10.0 Å². The minimum absolute atomic E-state index is 0.0726. The molecule has 1 saturated heterocycles. The van der Waals surface area contributed by atoms with Crippen molar-refractivity contribution in [2.24, 2.45) is 0 Å². The molecule has 0 spiro atoms. The van der Waals surface area contributed by atoms with Crippen LogP contribution in [-0.2, 0) is 10.0 Å². The third-order valence-corrected chi connectivity index (χ3v) is 6.66. The quantitative estimate of drug-likeness (QED) is 0.656. The molecule has 0 radical (unpaired) electrons. The third-order valence-electron chi connectivity index (χ3n) is 5.15. The van der Waals surface area contributed by atoms with Gasteiger partial charge in [-0.25, -0.2) is 12.8 Å². The molecule has 0 atom stereocenters. The number of benzene rings is 3. The largest absolute Gasteiger partial charge is 0.490 e. The van der Waals surface area contributed by atoms with Gasteiger partial charge < -0.3 is 10.1 Å². The maximum Gasteiger partial charge on any atom is 0.262 e. The van der Waals surface area contributed by atoms with E-state index in [9.17, 15) is 12.8 Å². The van der Waals surface area contributed by atoms with Crippen molar-refractivity contribution in [3.8, 4) is 5.75 Å². The molecular formula is C22H23FN2O3S. The van der Waals surface area contributed by atoms with Gasteiger partial charge in [0.15, 0.2) is 0 Å². The summed E-state index contributed by atoms with van der Waals surface area (Å²) in [6.45, 7) is 3.49. The van der Waals surface area contributed by atoms with Gasteiger partial charge in [-0.05, 0) is 62.7 Å². The standard InChI is InChI=1S/C22H23FN2O3S/c1-15-6-7-16(23)14-22(15)29(26,27)25-20-8-9-21(19-5-3-2-4-18(19)20)28-17-10-12-24-13-11-17/h2-9,14,17,24-25H,10-13H2,1H3. The maximum atomic E-state index is 13.6. The Balaban J connectivity index is 1.69. The molecule has 2 N–H and O–H groups in total. The molecule has 152 valence electrons. The second kappa shape index (κ2) is 8.00. The number of rotatable bonds is 5. The van der Waals surface area contributed by atoms with Crippen LogP contribution in [0, 0.1) is 12.7 Å². The van der Waals surface area contributed by atoms with E-state index in [1.807, 2.05) is 24.3 Å². The number of aryl methyl sites for hydroxylation is 1. The lowest BCUT2D eigenvalue weighted by Crippen LogP contribution is -2.34. The van der Waals surface area contributed by atoms with Crippen LogP contribution in [0.5, 0.6) is 5.75 Å². The van der Waals surface area contributed by atoms with E-state index in [1.165, 1.54) is 12.1 Å². The summed E-state index contributed by atoms with van der Waals surface area (Å²) in [6.07, 6.45) is 2.00. The molecule has 5 nitrogen and oxygen atoms in total. The molecule has 0 unspecified atom stereocenters. The van der Waals surface area contributed by atoms with Crippen LogP contribution >= 0.6 is 0 Å². The molecule has 7 heteroatoms. The van der Waals surface area contributed by atoms with E-state index in [0.717, 1.165) is 48.5 Å². The molecule has 0 bridgehead atoms. The van der Waals surface area contributed by atoms with Crippen molar-refractivity contribution in [1.29, 1.82) is 0 Å². The van der Waals surface area contributed by atoms with Crippen LogP contribution in [0.15, 0.2) is 59.5 Å². The second-order valence-corrected chi connectivity index (χ2v) is 8.89. The third kappa shape index (κ3) is 4.21. The number of sulfonamides is 1. The number of hydrogen-bond acceptors (Lipinski definition) is 4. The van der Waals surface area contributed by atoms with Gasteiger partial charge in [0.25, 0.3) is 10.0 Å². The predicted molar refractivity (Wildman–Crippen MR) is 112 cm³/mol. The number of ether oxygens (including phenoxy) is 1. The molecule has 1 heterocycles. The molecule has 1 aliphatic rings. The fraction of sp³-hybridized carbons (Fsp3) is 0.273. The van der Waals surface area contributed by atoms with Crippen molar-refractivity contribution in [2.45, 2.75) is 30.8 Å². The highest BCUT2D eigenvalue weighted by molar-refractivity contribution is 7.92. The highest BCUT2D eigenvalue weighted by Gasteiger charge is 2.21. The lowest BCUT2D eigenvalue weighted by molar-refractivity contribution is 0.164. The average Bonchev–Trinajstić information content (AvgIpc) is 2.72. The van der Waals surface area contributed by atoms with Gasteiger partial charge >= 0.3 is 0 Å². The Labute approximate surface area is 169 Å². The van der Waals surface area contributed by atoms with Crippen molar-refractivity contribution in [2.75, 3.05) is 17.8 Å². The van der Waals surface area contributed by atoms with Crippen LogP contribution in [0.3, 0.4) is 0 Å². The van der Waals surface area contributed by atoms with Gasteiger partial charge in [-0.1, -0.05) is 30.3 Å². The van der Waals surface area contributed by atoms with E-state index in [1.54, 1.807) is 19.1 Å². The molecule has 0 amide bonds. The van der Waals surface area contributed by atoms with E-state index in [4.69, 9.17) is 4.74 Å².